The average molecular weight is 372 g/mol. The van der Waals surface area contributed by atoms with Crippen LogP contribution < -0.4 is 20.1 Å². The van der Waals surface area contributed by atoms with Gasteiger partial charge in [-0.15, -0.1) is 0 Å². The van der Waals surface area contributed by atoms with E-state index < -0.39 is 5.41 Å². The van der Waals surface area contributed by atoms with Crippen LogP contribution in [-0.2, 0) is 16.2 Å². The molecule has 7 heteroatoms. The fraction of sp³-hybridized carbons (Fsp3) is 0.300. The van der Waals surface area contributed by atoms with Gasteiger partial charge in [0.05, 0.1) is 12.8 Å². The lowest BCUT2D eigenvalue weighted by Gasteiger charge is -2.21. The van der Waals surface area contributed by atoms with Crippen LogP contribution in [0.2, 0.25) is 0 Å². The van der Waals surface area contributed by atoms with E-state index in [1.807, 2.05) is 0 Å². The first-order chi connectivity index (χ1) is 12.9. The van der Waals surface area contributed by atoms with E-state index in [2.05, 4.69) is 10.6 Å². The van der Waals surface area contributed by atoms with Crippen molar-refractivity contribution < 1.29 is 23.5 Å². The Bertz CT molecular complexity index is 871. The van der Waals surface area contributed by atoms with Crippen molar-refractivity contribution in [3.8, 4) is 11.5 Å². The van der Waals surface area contributed by atoms with Crippen LogP contribution in [0.3, 0.4) is 0 Å². The van der Waals surface area contributed by atoms with Crippen LogP contribution in [0, 0.1) is 11.2 Å². The summed E-state index contributed by atoms with van der Waals surface area (Å²) in [6, 6.07) is 11.1. The first kappa shape index (κ1) is 18.7. The van der Waals surface area contributed by atoms with Crippen LogP contribution >= 0.6 is 0 Å². The maximum Gasteiger partial charge on any atom is 0.239 e. The minimum Gasteiger partial charge on any atom is -0.495 e. The van der Waals surface area contributed by atoms with E-state index in [0.717, 1.165) is 5.56 Å². The maximum absolute atomic E-state index is 13.2. The molecular weight excluding hydrogens is 351 g/mol. The van der Waals surface area contributed by atoms with Crippen molar-refractivity contribution in [1.82, 2.24) is 5.32 Å². The fourth-order valence-electron chi connectivity index (χ4n) is 2.88. The molecular formula is C20H21FN2O4. The number of halogens is 1. The third-order valence-electron chi connectivity index (χ3n) is 4.63. The van der Waals surface area contributed by atoms with E-state index in [-0.39, 0.29) is 24.2 Å². The van der Waals surface area contributed by atoms with Crippen LogP contribution in [0.1, 0.15) is 18.9 Å². The molecule has 0 radical (unpaired) electrons. The summed E-state index contributed by atoms with van der Waals surface area (Å²) in [4.78, 5) is 24.6. The number of hydrogen-bond acceptors (Lipinski definition) is 4. The highest BCUT2D eigenvalue weighted by Crippen LogP contribution is 2.31. The third-order valence-corrected chi connectivity index (χ3v) is 4.63. The van der Waals surface area contributed by atoms with Gasteiger partial charge in [-0.1, -0.05) is 12.1 Å². The highest BCUT2D eigenvalue weighted by Gasteiger charge is 2.44. The highest BCUT2D eigenvalue weighted by atomic mass is 19.1. The molecule has 1 unspecified atom stereocenters. The first-order valence-corrected chi connectivity index (χ1v) is 8.57. The molecule has 0 spiro atoms. The average Bonchev–Trinajstić information content (AvgIpc) is 3.00. The second-order valence-electron chi connectivity index (χ2n) is 6.57. The van der Waals surface area contributed by atoms with Gasteiger partial charge in [0.15, 0.2) is 0 Å². The molecule has 1 heterocycles. The molecule has 1 aliphatic rings. The number of carbonyl (C=O) groups is 2. The summed E-state index contributed by atoms with van der Waals surface area (Å²) in [5, 5.41) is 5.46. The molecule has 2 aromatic rings. The van der Waals surface area contributed by atoms with E-state index in [9.17, 15) is 14.0 Å². The zero-order valence-corrected chi connectivity index (χ0v) is 15.2. The number of amides is 2. The van der Waals surface area contributed by atoms with Crippen LogP contribution in [0.4, 0.5) is 10.1 Å². The Morgan fingerprint density at radius 1 is 1.30 bits per heavy atom. The van der Waals surface area contributed by atoms with E-state index in [4.69, 9.17) is 9.47 Å². The zero-order valence-electron chi connectivity index (χ0n) is 15.2. The Morgan fingerprint density at radius 2 is 2.11 bits per heavy atom. The van der Waals surface area contributed by atoms with Crippen molar-refractivity contribution >= 4 is 17.5 Å². The van der Waals surface area contributed by atoms with Crippen LogP contribution in [0.15, 0.2) is 42.5 Å². The van der Waals surface area contributed by atoms with E-state index in [1.165, 1.54) is 19.2 Å². The maximum atomic E-state index is 13.2. The summed E-state index contributed by atoms with van der Waals surface area (Å²) in [5.41, 5.74) is 0.0965. The van der Waals surface area contributed by atoms with Gasteiger partial charge in [-0.2, -0.15) is 0 Å². The largest absolute Gasteiger partial charge is 0.495 e. The van der Waals surface area contributed by atoms with E-state index in [1.54, 1.807) is 37.3 Å². The van der Waals surface area contributed by atoms with Gasteiger partial charge in [0, 0.05) is 12.6 Å². The summed E-state index contributed by atoms with van der Waals surface area (Å²) >= 11 is 0. The lowest BCUT2D eigenvalue weighted by molar-refractivity contribution is -0.136. The second kappa shape index (κ2) is 7.65. The number of anilines is 1. The third kappa shape index (κ3) is 4.02. The summed E-state index contributed by atoms with van der Waals surface area (Å²) in [5.74, 6) is -0.173. The molecule has 1 saturated heterocycles. The normalized spacial score (nSPS) is 18.7. The standard InChI is InChI=1S/C20H21FN2O4/c1-20(8-9-22-18(20)24)19(25)23-16-10-13(6-7-17(16)26-2)12-27-15-5-3-4-14(21)11-15/h3-7,10-11H,8-9,12H2,1-2H3,(H,22,24)(H,23,25). The van der Waals surface area contributed by atoms with E-state index >= 15 is 0 Å². The number of methoxy groups -OCH3 is 1. The number of benzene rings is 2. The molecule has 0 bridgehead atoms. The molecule has 0 aromatic heterocycles. The number of rotatable bonds is 6. The topological polar surface area (TPSA) is 76.7 Å². The number of carbonyl (C=O) groups excluding carboxylic acids is 2. The zero-order chi connectivity index (χ0) is 19.4. The molecule has 0 saturated carbocycles. The Morgan fingerprint density at radius 3 is 2.78 bits per heavy atom. The van der Waals surface area contributed by atoms with Gasteiger partial charge in [-0.05, 0) is 43.2 Å². The molecule has 3 rings (SSSR count). The SMILES string of the molecule is COc1ccc(COc2cccc(F)c2)cc1NC(=O)C1(C)CCNC1=O. The molecule has 6 nitrogen and oxygen atoms in total. The minimum absolute atomic E-state index is 0.189. The highest BCUT2D eigenvalue weighted by molar-refractivity contribution is 6.11. The summed E-state index contributed by atoms with van der Waals surface area (Å²) < 4.78 is 24.1. The summed E-state index contributed by atoms with van der Waals surface area (Å²) in [6.45, 7) is 2.28. The molecule has 142 valence electrons. The van der Waals surface area contributed by atoms with Crippen molar-refractivity contribution in [3.63, 3.8) is 0 Å². The van der Waals surface area contributed by atoms with Crippen molar-refractivity contribution in [2.24, 2.45) is 5.41 Å². The predicted molar refractivity (Wildman–Crippen MR) is 98.1 cm³/mol. The van der Waals surface area contributed by atoms with Crippen molar-refractivity contribution in [2.75, 3.05) is 19.0 Å². The number of hydrogen-bond donors (Lipinski definition) is 2. The van der Waals surface area contributed by atoms with Crippen molar-refractivity contribution in [3.05, 3.63) is 53.8 Å². The Kier molecular flexibility index (Phi) is 5.30. The molecule has 0 aliphatic carbocycles. The molecule has 2 N–H and O–H groups in total. The molecule has 2 amide bonds. The Hall–Kier alpha value is -3.09. The lowest BCUT2D eigenvalue weighted by Crippen LogP contribution is -2.40. The summed E-state index contributed by atoms with van der Waals surface area (Å²) in [6.07, 6.45) is 0.433. The van der Waals surface area contributed by atoms with Gasteiger partial charge in [-0.25, -0.2) is 4.39 Å². The quantitative estimate of drug-likeness (QED) is 0.765. The van der Waals surface area contributed by atoms with Crippen LogP contribution in [0.5, 0.6) is 11.5 Å². The minimum atomic E-state index is -1.11. The van der Waals surface area contributed by atoms with E-state index in [0.29, 0.717) is 30.2 Å². The second-order valence-corrected chi connectivity index (χ2v) is 6.57. The molecule has 27 heavy (non-hydrogen) atoms. The van der Waals surface area contributed by atoms with Gasteiger partial charge in [0.1, 0.15) is 29.3 Å². The number of nitrogens with one attached hydrogen (secondary N) is 2. The van der Waals surface area contributed by atoms with Crippen LogP contribution in [-0.4, -0.2) is 25.5 Å². The van der Waals surface area contributed by atoms with Crippen LogP contribution in [0.25, 0.3) is 0 Å². The predicted octanol–water partition coefficient (Wildman–Crippen LogP) is 2.88. The molecule has 2 aromatic carbocycles. The smallest absolute Gasteiger partial charge is 0.239 e. The first-order valence-electron chi connectivity index (χ1n) is 8.57. The monoisotopic (exact) mass is 372 g/mol. The van der Waals surface area contributed by atoms with Gasteiger partial charge in [0.2, 0.25) is 11.8 Å². The van der Waals surface area contributed by atoms with Gasteiger partial charge < -0.3 is 20.1 Å². The molecule has 1 atom stereocenters. The Labute approximate surface area is 156 Å². The lowest BCUT2D eigenvalue weighted by atomic mass is 9.88. The molecule has 1 aliphatic heterocycles. The van der Waals surface area contributed by atoms with Gasteiger partial charge in [-0.3, -0.25) is 9.59 Å². The Balaban J connectivity index is 1.75. The van der Waals surface area contributed by atoms with Crippen molar-refractivity contribution in [2.45, 2.75) is 20.0 Å². The van der Waals surface area contributed by atoms with Gasteiger partial charge >= 0.3 is 0 Å². The number of ether oxygens (including phenoxy) is 2. The molecule has 1 fully saturated rings. The summed E-state index contributed by atoms with van der Waals surface area (Å²) in [7, 11) is 1.50. The fourth-order valence-corrected chi connectivity index (χ4v) is 2.88. The van der Waals surface area contributed by atoms with Gasteiger partial charge in [0.25, 0.3) is 0 Å². The van der Waals surface area contributed by atoms with Crippen molar-refractivity contribution in [1.29, 1.82) is 0 Å².